The zero-order chi connectivity index (χ0) is 26.2. The lowest BCUT2D eigenvalue weighted by Crippen LogP contribution is -2.49. The molecule has 1 aromatic carbocycles. The molecular formula is C34H48N2O. The van der Waals surface area contributed by atoms with Gasteiger partial charge < -0.3 is 0 Å². The predicted molar refractivity (Wildman–Crippen MR) is 154 cm³/mol. The largest absolute Gasteiger partial charge is 0.271 e. The van der Waals surface area contributed by atoms with E-state index in [4.69, 9.17) is 0 Å². The maximum atomic E-state index is 12.5. The second-order valence-electron chi connectivity index (χ2n) is 13.6. The van der Waals surface area contributed by atoms with Crippen LogP contribution in [0.3, 0.4) is 0 Å². The van der Waals surface area contributed by atoms with Gasteiger partial charge in [-0.25, -0.2) is 5.43 Å². The minimum atomic E-state index is -0.139. The first-order chi connectivity index (χ1) is 17.7. The van der Waals surface area contributed by atoms with Gasteiger partial charge in [0.05, 0.1) is 5.71 Å². The number of hydrogen-bond acceptors (Lipinski definition) is 2. The number of hydrazone groups is 1. The highest BCUT2D eigenvalue weighted by Gasteiger charge is 2.58. The molecule has 1 N–H and O–H groups in total. The zero-order valence-electron chi connectivity index (χ0n) is 23.8. The molecule has 1 amide bonds. The molecule has 3 nitrogen and oxygen atoms in total. The van der Waals surface area contributed by atoms with E-state index in [9.17, 15) is 4.79 Å². The number of carbonyl (C=O) groups is 1. The Labute approximate surface area is 225 Å². The number of nitrogens with zero attached hydrogens (tertiary/aromatic N) is 1. The van der Waals surface area contributed by atoms with Crippen molar-refractivity contribution in [1.29, 1.82) is 0 Å². The summed E-state index contributed by atoms with van der Waals surface area (Å²) < 4.78 is 0. The van der Waals surface area contributed by atoms with Crippen molar-refractivity contribution in [2.75, 3.05) is 0 Å². The SMILES string of the molecule is CC(C)CCC[C@@H](C)[C@H]1CC[C@H]2[C@@H]3C=CC4=C/C(=N/NC(=O)c5ccccc5)CC[C@]4(C)[C@H]3CC[C@]12C. The lowest BCUT2D eigenvalue weighted by molar-refractivity contribution is -0.0247. The van der Waals surface area contributed by atoms with Crippen LogP contribution in [-0.2, 0) is 0 Å². The highest BCUT2D eigenvalue weighted by molar-refractivity contribution is 5.99. The molecule has 2 saturated carbocycles. The summed E-state index contributed by atoms with van der Waals surface area (Å²) in [4.78, 5) is 12.5. The van der Waals surface area contributed by atoms with Crippen molar-refractivity contribution < 1.29 is 4.79 Å². The molecule has 4 aliphatic rings. The van der Waals surface area contributed by atoms with Crippen molar-refractivity contribution in [3.05, 3.63) is 59.7 Å². The Morgan fingerprint density at radius 2 is 1.81 bits per heavy atom. The zero-order valence-corrected chi connectivity index (χ0v) is 23.8. The van der Waals surface area contributed by atoms with Gasteiger partial charge in [0.2, 0.25) is 0 Å². The van der Waals surface area contributed by atoms with E-state index in [1.807, 2.05) is 30.3 Å². The van der Waals surface area contributed by atoms with Crippen LogP contribution in [0.1, 0.15) is 103 Å². The third kappa shape index (κ3) is 5.00. The van der Waals surface area contributed by atoms with Gasteiger partial charge in [0, 0.05) is 5.56 Å². The van der Waals surface area contributed by atoms with E-state index in [1.165, 1.54) is 50.5 Å². The standard InChI is InChI=1S/C34H48N2O/c1-23(2)10-9-11-24(3)29-16-17-30-28-15-14-26-22-27(35-36-32(37)25-12-7-6-8-13-25)18-20-33(26,4)31(28)19-21-34(29,30)5/h6-8,12-15,22-24,28-31H,9-11,16-21H2,1-5H3,(H,36,37)/b35-27+/t24-,28+,29-,30+,31+,33+,34-/m1/s1. The summed E-state index contributed by atoms with van der Waals surface area (Å²) >= 11 is 0. The van der Waals surface area contributed by atoms with E-state index < -0.39 is 0 Å². The van der Waals surface area contributed by atoms with E-state index in [0.717, 1.165) is 48.1 Å². The van der Waals surface area contributed by atoms with Crippen LogP contribution in [0.2, 0.25) is 0 Å². The normalized spacial score (nSPS) is 36.5. The fourth-order valence-corrected chi connectivity index (χ4v) is 8.90. The first-order valence-corrected chi connectivity index (χ1v) is 15.0. The number of carbonyl (C=O) groups excluding carboxylic acids is 1. The number of fused-ring (bicyclic) bond motifs is 5. The first-order valence-electron chi connectivity index (χ1n) is 15.0. The van der Waals surface area contributed by atoms with E-state index in [1.54, 1.807) is 0 Å². The molecule has 0 aliphatic heterocycles. The van der Waals surface area contributed by atoms with Gasteiger partial charge in [-0.15, -0.1) is 0 Å². The molecule has 0 unspecified atom stereocenters. The van der Waals surface area contributed by atoms with Gasteiger partial charge in [-0.3, -0.25) is 4.79 Å². The molecule has 37 heavy (non-hydrogen) atoms. The average molecular weight is 501 g/mol. The van der Waals surface area contributed by atoms with Crippen molar-refractivity contribution in [3.8, 4) is 0 Å². The van der Waals surface area contributed by atoms with Crippen LogP contribution >= 0.6 is 0 Å². The third-order valence-corrected chi connectivity index (χ3v) is 11.1. The summed E-state index contributed by atoms with van der Waals surface area (Å²) in [5.74, 6) is 4.71. The topological polar surface area (TPSA) is 41.5 Å². The average Bonchev–Trinajstić information content (AvgIpc) is 3.24. The van der Waals surface area contributed by atoms with Crippen molar-refractivity contribution >= 4 is 11.6 Å². The number of nitrogens with one attached hydrogen (secondary N) is 1. The Kier molecular flexibility index (Phi) is 7.53. The van der Waals surface area contributed by atoms with E-state index in [-0.39, 0.29) is 11.3 Å². The summed E-state index contributed by atoms with van der Waals surface area (Å²) in [6.45, 7) is 12.5. The van der Waals surface area contributed by atoms with Crippen molar-refractivity contribution in [1.82, 2.24) is 5.43 Å². The molecule has 7 atom stereocenters. The van der Waals surface area contributed by atoms with Crippen molar-refractivity contribution in [2.45, 2.75) is 92.4 Å². The van der Waals surface area contributed by atoms with E-state index in [0.29, 0.717) is 16.9 Å². The number of benzene rings is 1. The van der Waals surface area contributed by atoms with Gasteiger partial charge in [-0.1, -0.05) is 84.2 Å². The monoisotopic (exact) mass is 500 g/mol. The molecule has 1 aromatic rings. The van der Waals surface area contributed by atoms with Gasteiger partial charge in [0.25, 0.3) is 5.91 Å². The summed E-state index contributed by atoms with van der Waals surface area (Å²) in [5, 5.41) is 4.52. The fraction of sp³-hybridized carbons (Fsp3) is 0.647. The van der Waals surface area contributed by atoms with Crippen LogP contribution in [0.15, 0.2) is 59.2 Å². The summed E-state index contributed by atoms with van der Waals surface area (Å²) in [6, 6.07) is 9.34. The van der Waals surface area contributed by atoms with Crippen LogP contribution in [-0.4, -0.2) is 11.6 Å². The molecule has 4 aliphatic carbocycles. The van der Waals surface area contributed by atoms with Crippen LogP contribution in [0.5, 0.6) is 0 Å². The van der Waals surface area contributed by atoms with Crippen LogP contribution in [0.4, 0.5) is 0 Å². The van der Waals surface area contributed by atoms with Gasteiger partial charge in [-0.2, -0.15) is 5.10 Å². The summed E-state index contributed by atoms with van der Waals surface area (Å²) in [5.41, 5.74) is 6.58. The van der Waals surface area contributed by atoms with Crippen molar-refractivity contribution in [3.63, 3.8) is 0 Å². The first kappa shape index (κ1) is 26.4. The highest BCUT2D eigenvalue weighted by Crippen LogP contribution is 2.66. The molecular weight excluding hydrogens is 452 g/mol. The maximum Gasteiger partial charge on any atom is 0.271 e. The minimum absolute atomic E-state index is 0.139. The van der Waals surface area contributed by atoms with Gasteiger partial charge in [0.15, 0.2) is 0 Å². The summed E-state index contributed by atoms with van der Waals surface area (Å²) in [7, 11) is 0. The highest BCUT2D eigenvalue weighted by atomic mass is 16.2. The quantitative estimate of drug-likeness (QED) is 0.374. The van der Waals surface area contributed by atoms with Crippen molar-refractivity contribution in [2.24, 2.45) is 51.4 Å². The molecule has 3 heteroatoms. The van der Waals surface area contributed by atoms with Gasteiger partial charge >= 0.3 is 0 Å². The smallest absolute Gasteiger partial charge is 0.267 e. The number of amides is 1. The second kappa shape index (κ2) is 10.5. The molecule has 0 saturated heterocycles. The summed E-state index contributed by atoms with van der Waals surface area (Å²) in [6.07, 6.45) is 19.1. The Bertz CT molecular complexity index is 1070. The molecule has 0 spiro atoms. The molecule has 2 fully saturated rings. The Morgan fingerprint density at radius 3 is 2.57 bits per heavy atom. The third-order valence-electron chi connectivity index (χ3n) is 11.1. The molecule has 5 rings (SSSR count). The molecule has 0 heterocycles. The number of rotatable bonds is 7. The van der Waals surface area contributed by atoms with Crippen LogP contribution < -0.4 is 5.43 Å². The molecule has 0 radical (unpaired) electrons. The van der Waals surface area contributed by atoms with Gasteiger partial charge in [0.1, 0.15) is 0 Å². The minimum Gasteiger partial charge on any atom is -0.267 e. The Hall–Kier alpha value is -2.16. The maximum absolute atomic E-state index is 12.5. The lowest BCUT2D eigenvalue weighted by Gasteiger charge is -2.56. The number of allylic oxidation sites excluding steroid dienone is 4. The molecule has 0 bridgehead atoms. The molecule has 0 aromatic heterocycles. The van der Waals surface area contributed by atoms with Gasteiger partial charge in [-0.05, 0) is 109 Å². The van der Waals surface area contributed by atoms with E-state index in [2.05, 4.69) is 63.4 Å². The predicted octanol–water partition coefficient (Wildman–Crippen LogP) is 8.59. The van der Waals surface area contributed by atoms with E-state index >= 15 is 0 Å². The number of hydrogen-bond donors (Lipinski definition) is 1. The second-order valence-corrected chi connectivity index (χ2v) is 13.6. The fourth-order valence-electron chi connectivity index (χ4n) is 8.90. The van der Waals surface area contributed by atoms with Crippen LogP contribution in [0, 0.1) is 46.3 Å². The van der Waals surface area contributed by atoms with Crippen LogP contribution in [0.25, 0.3) is 0 Å². The lowest BCUT2D eigenvalue weighted by atomic mass is 9.48. The Morgan fingerprint density at radius 1 is 1.03 bits per heavy atom. The molecule has 200 valence electrons. The Balaban J connectivity index is 1.30.